The van der Waals surface area contributed by atoms with Gasteiger partial charge in [0.2, 0.25) is 0 Å². The summed E-state index contributed by atoms with van der Waals surface area (Å²) in [6.07, 6.45) is 3.14. The van der Waals surface area contributed by atoms with Crippen molar-refractivity contribution in [2.45, 2.75) is 37.8 Å². The Bertz CT molecular complexity index is 541. The SMILES string of the molecule is C[C@H](O)c1ccc(C#N)cc1N(C)CC1(N(C)C)CCC1. The van der Waals surface area contributed by atoms with E-state index in [1.165, 1.54) is 19.3 Å². The smallest absolute Gasteiger partial charge is 0.0992 e. The zero-order chi connectivity index (χ0) is 15.6. The molecule has 2 rings (SSSR count). The first-order chi connectivity index (χ1) is 9.89. The lowest BCUT2D eigenvalue weighted by Crippen LogP contribution is -2.56. The van der Waals surface area contributed by atoms with Crippen LogP contribution in [0.2, 0.25) is 0 Å². The van der Waals surface area contributed by atoms with E-state index in [-0.39, 0.29) is 5.54 Å². The van der Waals surface area contributed by atoms with Crippen molar-refractivity contribution < 1.29 is 5.11 Å². The summed E-state index contributed by atoms with van der Waals surface area (Å²) in [6.45, 7) is 2.68. The number of anilines is 1. The van der Waals surface area contributed by atoms with Gasteiger partial charge in [-0.25, -0.2) is 0 Å². The number of benzene rings is 1. The van der Waals surface area contributed by atoms with Crippen LogP contribution in [-0.4, -0.2) is 43.2 Å². The fourth-order valence-electron chi connectivity index (χ4n) is 3.16. The summed E-state index contributed by atoms with van der Waals surface area (Å²) < 4.78 is 0. The van der Waals surface area contributed by atoms with Gasteiger partial charge < -0.3 is 14.9 Å². The van der Waals surface area contributed by atoms with Crippen LogP contribution in [0.4, 0.5) is 5.69 Å². The highest BCUT2D eigenvalue weighted by molar-refractivity contribution is 5.58. The number of rotatable bonds is 5. The fourth-order valence-corrected chi connectivity index (χ4v) is 3.16. The summed E-state index contributed by atoms with van der Waals surface area (Å²) in [4.78, 5) is 4.49. The van der Waals surface area contributed by atoms with E-state index in [4.69, 9.17) is 5.26 Å². The Morgan fingerprint density at radius 3 is 2.43 bits per heavy atom. The minimum atomic E-state index is -0.535. The van der Waals surface area contributed by atoms with Gasteiger partial charge in [0, 0.05) is 30.4 Å². The van der Waals surface area contributed by atoms with Crippen LogP contribution in [0.15, 0.2) is 18.2 Å². The molecule has 0 unspecified atom stereocenters. The summed E-state index contributed by atoms with van der Waals surface area (Å²) in [7, 11) is 6.31. The Kier molecular flexibility index (Phi) is 4.55. The van der Waals surface area contributed by atoms with E-state index < -0.39 is 6.10 Å². The van der Waals surface area contributed by atoms with Crippen molar-refractivity contribution in [3.05, 3.63) is 29.3 Å². The highest BCUT2D eigenvalue weighted by Crippen LogP contribution is 2.38. The molecule has 4 nitrogen and oxygen atoms in total. The first-order valence-electron chi connectivity index (χ1n) is 7.50. The normalized spacial score (nSPS) is 18.0. The van der Waals surface area contributed by atoms with Gasteiger partial charge in [0.25, 0.3) is 0 Å². The van der Waals surface area contributed by atoms with Crippen molar-refractivity contribution in [2.24, 2.45) is 0 Å². The van der Waals surface area contributed by atoms with Gasteiger partial charge in [-0.05, 0) is 52.4 Å². The third kappa shape index (κ3) is 3.04. The molecular weight excluding hydrogens is 262 g/mol. The molecule has 1 saturated carbocycles. The Labute approximate surface area is 127 Å². The molecule has 0 aromatic heterocycles. The summed E-state index contributed by atoms with van der Waals surface area (Å²) in [6, 6.07) is 7.69. The molecule has 0 aliphatic heterocycles. The van der Waals surface area contributed by atoms with Gasteiger partial charge in [-0.15, -0.1) is 0 Å². The molecule has 0 saturated heterocycles. The quantitative estimate of drug-likeness (QED) is 0.904. The van der Waals surface area contributed by atoms with Crippen molar-refractivity contribution in [1.82, 2.24) is 4.90 Å². The van der Waals surface area contributed by atoms with E-state index in [1.807, 2.05) is 19.2 Å². The highest BCUT2D eigenvalue weighted by Gasteiger charge is 2.40. The second-order valence-electron chi connectivity index (χ2n) is 6.39. The van der Waals surface area contributed by atoms with Crippen molar-refractivity contribution in [3.63, 3.8) is 0 Å². The Hall–Kier alpha value is -1.57. The van der Waals surface area contributed by atoms with Gasteiger partial charge in [0.1, 0.15) is 0 Å². The number of nitrogens with zero attached hydrogens (tertiary/aromatic N) is 3. The Balaban J connectivity index is 2.29. The minimum Gasteiger partial charge on any atom is -0.389 e. The molecule has 0 radical (unpaired) electrons. The molecule has 4 heteroatoms. The van der Waals surface area contributed by atoms with E-state index in [0.717, 1.165) is 17.8 Å². The van der Waals surface area contributed by atoms with Crippen LogP contribution in [0.5, 0.6) is 0 Å². The second-order valence-corrected chi connectivity index (χ2v) is 6.39. The predicted octanol–water partition coefficient (Wildman–Crippen LogP) is 2.53. The molecule has 0 heterocycles. The monoisotopic (exact) mass is 287 g/mol. The van der Waals surface area contributed by atoms with E-state index in [9.17, 15) is 5.11 Å². The second kappa shape index (κ2) is 6.05. The Morgan fingerprint density at radius 2 is 2.00 bits per heavy atom. The lowest BCUT2D eigenvalue weighted by molar-refractivity contribution is 0.0682. The van der Waals surface area contributed by atoms with E-state index in [0.29, 0.717) is 5.56 Å². The van der Waals surface area contributed by atoms with Crippen LogP contribution in [0.25, 0.3) is 0 Å². The summed E-state index contributed by atoms with van der Waals surface area (Å²) in [5, 5.41) is 19.1. The van der Waals surface area contributed by atoms with Crippen LogP contribution in [-0.2, 0) is 0 Å². The first kappa shape index (κ1) is 15.8. The molecule has 1 aromatic carbocycles. The molecule has 114 valence electrons. The molecule has 1 aromatic rings. The van der Waals surface area contributed by atoms with Crippen molar-refractivity contribution in [1.29, 1.82) is 5.26 Å². The maximum atomic E-state index is 9.98. The van der Waals surface area contributed by atoms with Crippen LogP contribution >= 0.6 is 0 Å². The van der Waals surface area contributed by atoms with Crippen LogP contribution in [0.1, 0.15) is 43.4 Å². The molecule has 0 bridgehead atoms. The lowest BCUT2D eigenvalue weighted by atomic mass is 9.75. The first-order valence-corrected chi connectivity index (χ1v) is 7.50. The maximum Gasteiger partial charge on any atom is 0.0992 e. The molecule has 0 amide bonds. The van der Waals surface area contributed by atoms with Gasteiger partial charge in [-0.2, -0.15) is 5.26 Å². The Morgan fingerprint density at radius 1 is 1.33 bits per heavy atom. The molecule has 1 atom stereocenters. The lowest BCUT2D eigenvalue weighted by Gasteiger charge is -2.49. The third-order valence-electron chi connectivity index (χ3n) is 4.79. The van der Waals surface area contributed by atoms with Gasteiger partial charge in [-0.3, -0.25) is 0 Å². The zero-order valence-electron chi connectivity index (χ0n) is 13.4. The van der Waals surface area contributed by atoms with Crippen molar-refractivity contribution in [2.75, 3.05) is 32.6 Å². The molecule has 1 aliphatic carbocycles. The van der Waals surface area contributed by atoms with E-state index in [1.54, 1.807) is 13.0 Å². The van der Waals surface area contributed by atoms with E-state index in [2.05, 4.69) is 30.0 Å². The topological polar surface area (TPSA) is 50.5 Å². The number of aliphatic hydroxyl groups is 1. The molecule has 21 heavy (non-hydrogen) atoms. The van der Waals surface area contributed by atoms with Crippen LogP contribution in [0.3, 0.4) is 0 Å². The van der Waals surface area contributed by atoms with Gasteiger partial charge >= 0.3 is 0 Å². The number of likely N-dealkylation sites (N-methyl/N-ethyl adjacent to an activating group) is 2. The summed E-state index contributed by atoms with van der Waals surface area (Å²) >= 11 is 0. The zero-order valence-corrected chi connectivity index (χ0v) is 13.4. The number of aliphatic hydroxyl groups excluding tert-OH is 1. The average molecular weight is 287 g/mol. The van der Waals surface area contributed by atoms with Gasteiger partial charge in [0.05, 0.1) is 17.7 Å². The van der Waals surface area contributed by atoms with E-state index >= 15 is 0 Å². The highest BCUT2D eigenvalue weighted by atomic mass is 16.3. The van der Waals surface area contributed by atoms with Crippen LogP contribution < -0.4 is 4.90 Å². The maximum absolute atomic E-state index is 9.98. The molecule has 1 fully saturated rings. The van der Waals surface area contributed by atoms with Crippen molar-refractivity contribution in [3.8, 4) is 6.07 Å². The fraction of sp³-hybridized carbons (Fsp3) is 0.588. The summed E-state index contributed by atoms with van der Waals surface area (Å²) in [5.74, 6) is 0. The predicted molar refractivity (Wildman–Crippen MR) is 85.3 cm³/mol. The number of nitriles is 1. The number of hydrogen-bond donors (Lipinski definition) is 1. The largest absolute Gasteiger partial charge is 0.389 e. The van der Waals surface area contributed by atoms with Gasteiger partial charge in [0.15, 0.2) is 0 Å². The van der Waals surface area contributed by atoms with Gasteiger partial charge in [-0.1, -0.05) is 6.07 Å². The van der Waals surface area contributed by atoms with Crippen molar-refractivity contribution >= 4 is 5.69 Å². The standard InChI is InChI=1S/C17H25N3O/c1-13(21)15-7-6-14(11-18)10-16(15)20(4)12-17(19(2)3)8-5-9-17/h6-7,10,13,21H,5,8-9,12H2,1-4H3/t13-/m0/s1. The average Bonchev–Trinajstić information content (AvgIpc) is 2.41. The van der Waals surface area contributed by atoms with Crippen LogP contribution in [0, 0.1) is 11.3 Å². The minimum absolute atomic E-state index is 0.216. The molecule has 0 spiro atoms. The molecule has 1 N–H and O–H groups in total. The third-order valence-corrected chi connectivity index (χ3v) is 4.79. The molecular formula is C17H25N3O. The number of hydrogen-bond acceptors (Lipinski definition) is 4. The summed E-state index contributed by atoms with van der Waals surface area (Å²) in [5.41, 5.74) is 2.68. The molecule has 1 aliphatic rings.